The lowest BCUT2D eigenvalue weighted by molar-refractivity contribution is -0.138. The van der Waals surface area contributed by atoms with Gasteiger partial charge in [-0.1, -0.05) is 18.2 Å². The number of hydrogen-bond acceptors (Lipinski definition) is 6. The second-order valence-electron chi connectivity index (χ2n) is 9.28. The van der Waals surface area contributed by atoms with Crippen LogP contribution in [0.1, 0.15) is 50.0 Å². The van der Waals surface area contributed by atoms with E-state index in [9.17, 15) is 9.59 Å². The van der Waals surface area contributed by atoms with E-state index in [2.05, 4.69) is 23.3 Å². The van der Waals surface area contributed by atoms with Gasteiger partial charge in [-0.05, 0) is 56.7 Å². The summed E-state index contributed by atoms with van der Waals surface area (Å²) < 4.78 is 17.7. The first-order valence-corrected chi connectivity index (χ1v) is 11.6. The van der Waals surface area contributed by atoms with Crippen molar-refractivity contribution in [2.24, 2.45) is 0 Å². The van der Waals surface area contributed by atoms with Gasteiger partial charge < -0.3 is 24.6 Å². The Bertz CT molecular complexity index is 805. The van der Waals surface area contributed by atoms with E-state index in [-0.39, 0.29) is 43.2 Å². The van der Waals surface area contributed by atoms with Gasteiger partial charge in [-0.15, -0.1) is 0 Å². The second kappa shape index (κ2) is 10.2. The minimum absolute atomic E-state index is 0.00247. The van der Waals surface area contributed by atoms with Crippen molar-refractivity contribution in [2.45, 2.75) is 62.1 Å². The van der Waals surface area contributed by atoms with Gasteiger partial charge in [0.05, 0.1) is 43.9 Å². The van der Waals surface area contributed by atoms with Crippen LogP contribution in [0.5, 0.6) is 5.75 Å². The van der Waals surface area contributed by atoms with Crippen molar-refractivity contribution in [3.63, 3.8) is 0 Å². The topological polar surface area (TPSA) is 97.3 Å². The largest absolute Gasteiger partial charge is 0.493 e. The summed E-state index contributed by atoms with van der Waals surface area (Å²) in [4.78, 5) is 25.0. The van der Waals surface area contributed by atoms with E-state index in [0.29, 0.717) is 19.1 Å². The maximum Gasteiger partial charge on any atom is 0.306 e. The molecule has 1 aromatic rings. The Kier molecular flexibility index (Phi) is 7.33. The number of nitrogens with zero attached hydrogens (tertiary/aromatic N) is 1. The maximum absolute atomic E-state index is 11.9. The number of benzene rings is 1. The molecular weight excluding hydrogens is 412 g/mol. The first kappa shape index (κ1) is 23.0. The van der Waals surface area contributed by atoms with Crippen molar-refractivity contribution in [1.29, 1.82) is 0 Å². The minimum Gasteiger partial charge on any atom is -0.493 e. The molecule has 1 saturated carbocycles. The van der Waals surface area contributed by atoms with E-state index >= 15 is 0 Å². The van der Waals surface area contributed by atoms with E-state index in [0.717, 1.165) is 50.0 Å². The van der Waals surface area contributed by atoms with Crippen LogP contribution in [-0.2, 0) is 19.1 Å². The smallest absolute Gasteiger partial charge is 0.306 e. The molecule has 0 bridgehead atoms. The number of hydrogen-bond donors (Lipinski definition) is 2. The van der Waals surface area contributed by atoms with Crippen molar-refractivity contribution in [1.82, 2.24) is 10.2 Å². The third-order valence-electron chi connectivity index (χ3n) is 7.16. The maximum atomic E-state index is 11.9. The van der Waals surface area contributed by atoms with Gasteiger partial charge in [0.15, 0.2) is 0 Å². The van der Waals surface area contributed by atoms with Crippen LogP contribution in [0.2, 0.25) is 0 Å². The van der Waals surface area contributed by atoms with Gasteiger partial charge in [-0.2, -0.15) is 0 Å². The summed E-state index contributed by atoms with van der Waals surface area (Å²) in [6.07, 6.45) is 5.05. The average molecular weight is 447 g/mol. The fourth-order valence-electron chi connectivity index (χ4n) is 5.36. The molecule has 0 radical (unpaired) electrons. The van der Waals surface area contributed by atoms with Gasteiger partial charge in [0.25, 0.3) is 0 Å². The molecule has 1 spiro atoms. The number of morpholine rings is 1. The predicted molar refractivity (Wildman–Crippen MR) is 118 cm³/mol. The van der Waals surface area contributed by atoms with Gasteiger partial charge in [0, 0.05) is 6.54 Å². The van der Waals surface area contributed by atoms with E-state index in [1.807, 2.05) is 18.2 Å². The zero-order valence-corrected chi connectivity index (χ0v) is 18.8. The normalized spacial score (nSPS) is 30.9. The molecule has 2 unspecified atom stereocenters. The minimum atomic E-state index is -0.853. The fourth-order valence-corrected chi connectivity index (χ4v) is 5.36. The molecule has 1 aromatic carbocycles. The number of amides is 1. The van der Waals surface area contributed by atoms with E-state index in [1.54, 1.807) is 0 Å². The molecule has 32 heavy (non-hydrogen) atoms. The Hall–Kier alpha value is -2.16. The molecule has 1 amide bonds. The SMILES string of the molecule is CN1CCC2(COCC(=O)N2)C1COC1CCC(c2ccccc2OCCC(=O)O)CC1. The number of aliphatic carboxylic acids is 1. The van der Waals surface area contributed by atoms with Gasteiger partial charge in [-0.3, -0.25) is 14.5 Å². The molecule has 2 N–H and O–H groups in total. The van der Waals surface area contributed by atoms with Crippen LogP contribution >= 0.6 is 0 Å². The van der Waals surface area contributed by atoms with Gasteiger partial charge in [0.1, 0.15) is 12.4 Å². The van der Waals surface area contributed by atoms with E-state index in [1.165, 1.54) is 0 Å². The Morgan fingerprint density at radius 1 is 1.28 bits per heavy atom. The summed E-state index contributed by atoms with van der Waals surface area (Å²) >= 11 is 0. The molecule has 0 aromatic heterocycles. The lowest BCUT2D eigenvalue weighted by atomic mass is 9.82. The van der Waals surface area contributed by atoms with Crippen LogP contribution < -0.4 is 10.1 Å². The first-order chi connectivity index (χ1) is 15.5. The highest BCUT2D eigenvalue weighted by Gasteiger charge is 2.49. The van der Waals surface area contributed by atoms with Crippen LogP contribution in [0.15, 0.2) is 24.3 Å². The first-order valence-electron chi connectivity index (χ1n) is 11.6. The molecule has 2 atom stereocenters. The fraction of sp³-hybridized carbons (Fsp3) is 0.667. The standard InChI is InChI=1S/C24H34N2O6/c1-26-12-11-24(16-30-15-22(27)25-24)21(26)14-32-18-8-6-17(7-9-18)19-4-2-3-5-20(19)31-13-10-23(28)29/h2-5,17-18,21H,6-16H2,1H3,(H,25,27)(H,28,29). The van der Waals surface area contributed by atoms with Crippen molar-refractivity contribution in [2.75, 3.05) is 40.0 Å². The number of carbonyl (C=O) groups excluding carboxylic acids is 1. The molecule has 1 aliphatic carbocycles. The number of para-hydroxylation sites is 1. The van der Waals surface area contributed by atoms with E-state index < -0.39 is 5.97 Å². The Morgan fingerprint density at radius 3 is 2.81 bits per heavy atom. The van der Waals surface area contributed by atoms with Crippen LogP contribution in [0.4, 0.5) is 0 Å². The number of ether oxygens (including phenoxy) is 3. The van der Waals surface area contributed by atoms with Crippen molar-refractivity contribution in [3.8, 4) is 5.75 Å². The highest BCUT2D eigenvalue weighted by Crippen LogP contribution is 2.39. The zero-order valence-electron chi connectivity index (χ0n) is 18.8. The Balaban J connectivity index is 1.29. The number of carboxylic acids is 1. The molecule has 8 nitrogen and oxygen atoms in total. The molecule has 2 heterocycles. The third kappa shape index (κ3) is 5.24. The van der Waals surface area contributed by atoms with E-state index in [4.69, 9.17) is 19.3 Å². The molecule has 3 fully saturated rings. The third-order valence-corrected chi connectivity index (χ3v) is 7.16. The van der Waals surface area contributed by atoms with Gasteiger partial charge >= 0.3 is 5.97 Å². The zero-order chi connectivity index (χ0) is 22.6. The molecule has 176 valence electrons. The predicted octanol–water partition coefficient (Wildman–Crippen LogP) is 2.17. The van der Waals surface area contributed by atoms with Crippen molar-refractivity contribution >= 4 is 11.9 Å². The average Bonchev–Trinajstić information content (AvgIpc) is 3.07. The molecule has 2 saturated heterocycles. The molecule has 3 aliphatic rings. The highest BCUT2D eigenvalue weighted by molar-refractivity contribution is 5.79. The summed E-state index contributed by atoms with van der Waals surface area (Å²) in [7, 11) is 2.09. The number of rotatable bonds is 8. The lowest BCUT2D eigenvalue weighted by Gasteiger charge is -2.41. The Labute approximate surface area is 189 Å². The second-order valence-corrected chi connectivity index (χ2v) is 9.28. The van der Waals surface area contributed by atoms with Crippen LogP contribution in [0.3, 0.4) is 0 Å². The van der Waals surface area contributed by atoms with Crippen molar-refractivity contribution in [3.05, 3.63) is 29.8 Å². The van der Waals surface area contributed by atoms with Gasteiger partial charge in [0.2, 0.25) is 5.91 Å². The number of likely N-dealkylation sites (tertiary alicyclic amines) is 1. The summed E-state index contributed by atoms with van der Waals surface area (Å²) in [5.74, 6) is 0.290. The van der Waals surface area contributed by atoms with Gasteiger partial charge in [-0.25, -0.2) is 0 Å². The van der Waals surface area contributed by atoms with Crippen LogP contribution in [0.25, 0.3) is 0 Å². The number of likely N-dealkylation sites (N-methyl/N-ethyl adjacent to an activating group) is 1. The monoisotopic (exact) mass is 446 g/mol. The van der Waals surface area contributed by atoms with Crippen LogP contribution in [0, 0.1) is 0 Å². The summed E-state index contributed by atoms with van der Waals surface area (Å²) in [5, 5.41) is 12.0. The molecule has 4 rings (SSSR count). The summed E-state index contributed by atoms with van der Waals surface area (Å²) in [6, 6.07) is 8.07. The molecular formula is C24H34N2O6. The van der Waals surface area contributed by atoms with Crippen LogP contribution in [-0.4, -0.2) is 79.6 Å². The Morgan fingerprint density at radius 2 is 2.06 bits per heavy atom. The number of carboxylic acid groups (broad SMARTS) is 1. The lowest BCUT2D eigenvalue weighted by Crippen LogP contribution is -2.64. The molecule has 2 aliphatic heterocycles. The van der Waals surface area contributed by atoms with Crippen molar-refractivity contribution < 1.29 is 28.9 Å². The quantitative estimate of drug-likeness (QED) is 0.632. The number of carbonyl (C=O) groups is 2. The summed E-state index contributed by atoms with van der Waals surface area (Å²) in [6.45, 7) is 2.38. The highest BCUT2D eigenvalue weighted by atomic mass is 16.5. The summed E-state index contributed by atoms with van der Waals surface area (Å²) in [5.41, 5.74) is 0.820. The number of nitrogens with one attached hydrogen (secondary N) is 1. The molecule has 8 heteroatoms.